The third-order valence-electron chi connectivity index (χ3n) is 3.10. The van der Waals surface area contributed by atoms with Crippen LogP contribution in [0.2, 0.25) is 0 Å². The molecule has 6 nitrogen and oxygen atoms in total. The van der Waals surface area contributed by atoms with E-state index in [1.165, 1.54) is 6.39 Å². The average Bonchev–Trinajstić information content (AvgIpc) is 2.93. The van der Waals surface area contributed by atoms with Crippen LogP contribution >= 0.6 is 0 Å². The lowest BCUT2D eigenvalue weighted by molar-refractivity contribution is -0.129. The number of rotatable bonds is 5. The molecule has 0 aliphatic rings. The number of carbonyl (C=O) groups is 1. The van der Waals surface area contributed by atoms with E-state index in [0.717, 1.165) is 16.9 Å². The van der Waals surface area contributed by atoms with E-state index in [1.807, 2.05) is 25.1 Å². The van der Waals surface area contributed by atoms with Crippen molar-refractivity contribution in [1.29, 1.82) is 0 Å². The van der Waals surface area contributed by atoms with Crippen LogP contribution in [0.15, 0.2) is 29.1 Å². The van der Waals surface area contributed by atoms with Crippen molar-refractivity contribution in [3.63, 3.8) is 0 Å². The van der Waals surface area contributed by atoms with E-state index in [0.29, 0.717) is 18.8 Å². The zero-order valence-corrected chi connectivity index (χ0v) is 11.8. The van der Waals surface area contributed by atoms with Crippen molar-refractivity contribution < 1.29 is 14.1 Å². The van der Waals surface area contributed by atoms with Gasteiger partial charge in [0.2, 0.25) is 12.3 Å². The Bertz CT molecular complexity index is 581. The highest BCUT2D eigenvalue weighted by molar-refractivity contribution is 5.78. The number of methoxy groups -OCH3 is 1. The molecule has 1 amide bonds. The van der Waals surface area contributed by atoms with Gasteiger partial charge in [-0.3, -0.25) is 4.79 Å². The van der Waals surface area contributed by atoms with Crippen LogP contribution in [-0.2, 0) is 17.8 Å². The summed E-state index contributed by atoms with van der Waals surface area (Å²) < 4.78 is 9.80. The number of carbonyl (C=O) groups excluding carboxylic acids is 1. The van der Waals surface area contributed by atoms with Crippen molar-refractivity contribution in [2.75, 3.05) is 14.2 Å². The van der Waals surface area contributed by atoms with Crippen LogP contribution in [0.25, 0.3) is 0 Å². The van der Waals surface area contributed by atoms with Crippen molar-refractivity contribution in [2.24, 2.45) is 0 Å². The maximum absolute atomic E-state index is 12.2. The maximum atomic E-state index is 12.2. The number of aryl methyl sites for hydroxylation is 1. The molecule has 0 aliphatic heterocycles. The maximum Gasteiger partial charge on any atom is 0.227 e. The average molecular weight is 275 g/mol. The predicted octanol–water partition coefficient (Wildman–Crippen LogP) is 1.59. The number of hydrogen-bond acceptors (Lipinski definition) is 5. The third kappa shape index (κ3) is 3.34. The minimum absolute atomic E-state index is 0.00284. The molecule has 0 saturated carbocycles. The van der Waals surface area contributed by atoms with Gasteiger partial charge in [0.25, 0.3) is 0 Å². The molecular weight excluding hydrogens is 258 g/mol. The Kier molecular flexibility index (Phi) is 4.34. The second-order valence-electron chi connectivity index (χ2n) is 4.57. The summed E-state index contributed by atoms with van der Waals surface area (Å²) in [5, 5.41) is 3.69. The van der Waals surface area contributed by atoms with Crippen LogP contribution in [0.1, 0.15) is 17.0 Å². The van der Waals surface area contributed by atoms with Crippen LogP contribution < -0.4 is 4.74 Å². The van der Waals surface area contributed by atoms with E-state index >= 15 is 0 Å². The van der Waals surface area contributed by atoms with Gasteiger partial charge in [-0.1, -0.05) is 11.2 Å². The molecule has 106 valence electrons. The van der Waals surface area contributed by atoms with Crippen LogP contribution in [-0.4, -0.2) is 35.1 Å². The molecule has 0 N–H and O–H groups in total. The molecule has 6 heteroatoms. The fraction of sp³-hybridized carbons (Fsp3) is 0.357. The normalized spacial score (nSPS) is 10.3. The van der Waals surface area contributed by atoms with Crippen LogP contribution in [0, 0.1) is 6.92 Å². The number of benzene rings is 1. The second kappa shape index (κ2) is 6.18. The molecule has 0 atom stereocenters. The number of nitrogens with zero attached hydrogens (tertiary/aromatic N) is 3. The molecular formula is C14H17N3O3. The molecule has 1 aromatic heterocycles. The molecule has 2 rings (SSSR count). The Morgan fingerprint density at radius 2 is 2.25 bits per heavy atom. The summed E-state index contributed by atoms with van der Waals surface area (Å²) in [6.07, 6.45) is 1.59. The van der Waals surface area contributed by atoms with E-state index in [4.69, 9.17) is 4.74 Å². The molecule has 0 unspecified atom stereocenters. The van der Waals surface area contributed by atoms with Gasteiger partial charge in [0.15, 0.2) is 5.82 Å². The summed E-state index contributed by atoms with van der Waals surface area (Å²) in [4.78, 5) is 17.6. The smallest absolute Gasteiger partial charge is 0.227 e. The minimum atomic E-state index is 0.00284. The second-order valence-corrected chi connectivity index (χ2v) is 4.57. The number of aromatic nitrogens is 2. The first-order valence-electron chi connectivity index (χ1n) is 6.23. The van der Waals surface area contributed by atoms with Gasteiger partial charge in [-0.15, -0.1) is 0 Å². The van der Waals surface area contributed by atoms with Crippen molar-refractivity contribution in [3.8, 4) is 5.75 Å². The number of ether oxygens (including phenoxy) is 1. The van der Waals surface area contributed by atoms with E-state index in [2.05, 4.69) is 14.7 Å². The van der Waals surface area contributed by atoms with Crippen LogP contribution in [0.4, 0.5) is 0 Å². The number of amides is 1. The molecule has 1 aromatic carbocycles. The first-order chi connectivity index (χ1) is 9.60. The lowest BCUT2D eigenvalue weighted by atomic mass is 10.0. The van der Waals surface area contributed by atoms with Gasteiger partial charge in [-0.05, 0) is 30.2 Å². The highest BCUT2D eigenvalue weighted by Crippen LogP contribution is 2.17. The van der Waals surface area contributed by atoms with Gasteiger partial charge < -0.3 is 14.2 Å². The predicted molar refractivity (Wildman–Crippen MR) is 72.2 cm³/mol. The Morgan fingerprint density at radius 3 is 2.85 bits per heavy atom. The molecule has 0 bridgehead atoms. The van der Waals surface area contributed by atoms with Crippen molar-refractivity contribution in [1.82, 2.24) is 15.0 Å². The molecule has 0 saturated heterocycles. The fourth-order valence-electron chi connectivity index (χ4n) is 1.85. The summed E-state index contributed by atoms with van der Waals surface area (Å²) in [6.45, 7) is 2.30. The topological polar surface area (TPSA) is 68.5 Å². The molecule has 0 spiro atoms. The van der Waals surface area contributed by atoms with E-state index in [-0.39, 0.29) is 5.91 Å². The van der Waals surface area contributed by atoms with Gasteiger partial charge in [-0.2, -0.15) is 4.98 Å². The zero-order valence-electron chi connectivity index (χ0n) is 11.8. The third-order valence-corrected chi connectivity index (χ3v) is 3.10. The molecule has 1 heterocycles. The Balaban J connectivity index is 2.00. The fourth-order valence-corrected chi connectivity index (χ4v) is 1.85. The largest absolute Gasteiger partial charge is 0.497 e. The highest BCUT2D eigenvalue weighted by atomic mass is 16.5. The molecule has 2 aromatic rings. The molecule has 0 radical (unpaired) electrons. The van der Waals surface area contributed by atoms with E-state index in [1.54, 1.807) is 19.1 Å². The van der Waals surface area contributed by atoms with Gasteiger partial charge in [0.05, 0.1) is 20.1 Å². The quantitative estimate of drug-likeness (QED) is 0.828. The molecule has 20 heavy (non-hydrogen) atoms. The first-order valence-corrected chi connectivity index (χ1v) is 6.23. The summed E-state index contributed by atoms with van der Waals surface area (Å²) in [6, 6.07) is 5.69. The Labute approximate surface area is 117 Å². The van der Waals surface area contributed by atoms with Crippen molar-refractivity contribution in [2.45, 2.75) is 19.9 Å². The number of hydrogen-bond donors (Lipinski definition) is 0. The van der Waals surface area contributed by atoms with E-state index < -0.39 is 0 Å². The summed E-state index contributed by atoms with van der Waals surface area (Å²) >= 11 is 0. The van der Waals surface area contributed by atoms with Crippen molar-refractivity contribution >= 4 is 5.91 Å². The Morgan fingerprint density at radius 1 is 1.45 bits per heavy atom. The van der Waals surface area contributed by atoms with Gasteiger partial charge in [0.1, 0.15) is 5.75 Å². The summed E-state index contributed by atoms with van der Waals surface area (Å²) in [5.74, 6) is 1.29. The zero-order chi connectivity index (χ0) is 14.5. The van der Waals surface area contributed by atoms with E-state index in [9.17, 15) is 4.79 Å². The van der Waals surface area contributed by atoms with Crippen LogP contribution in [0.5, 0.6) is 5.75 Å². The van der Waals surface area contributed by atoms with Gasteiger partial charge >= 0.3 is 0 Å². The Hall–Kier alpha value is -2.37. The molecule has 0 aliphatic carbocycles. The monoisotopic (exact) mass is 275 g/mol. The summed E-state index contributed by atoms with van der Waals surface area (Å²) in [7, 11) is 3.34. The summed E-state index contributed by atoms with van der Waals surface area (Å²) in [5.41, 5.74) is 2.02. The SMILES string of the molecule is COc1ccc(CC(=O)N(C)Cc2ncon2)c(C)c1. The molecule has 0 fully saturated rings. The lowest BCUT2D eigenvalue weighted by Crippen LogP contribution is -2.28. The standard InChI is InChI=1S/C14H17N3O3/c1-10-6-12(19-3)5-4-11(10)7-14(18)17(2)8-13-15-9-20-16-13/h4-6,9H,7-8H2,1-3H3. The first kappa shape index (κ1) is 14.0. The lowest BCUT2D eigenvalue weighted by Gasteiger charge is -2.16. The highest BCUT2D eigenvalue weighted by Gasteiger charge is 2.13. The van der Waals surface area contributed by atoms with Gasteiger partial charge in [-0.25, -0.2) is 0 Å². The van der Waals surface area contributed by atoms with Gasteiger partial charge in [0, 0.05) is 7.05 Å². The number of likely N-dealkylation sites (N-methyl/N-ethyl adjacent to an activating group) is 1. The van der Waals surface area contributed by atoms with Crippen LogP contribution in [0.3, 0.4) is 0 Å². The van der Waals surface area contributed by atoms with Crippen molar-refractivity contribution in [3.05, 3.63) is 41.5 Å². The minimum Gasteiger partial charge on any atom is -0.497 e.